The highest BCUT2D eigenvalue weighted by atomic mass is 32.2. The number of para-hydroxylation sites is 1. The van der Waals surface area contributed by atoms with E-state index in [1.807, 2.05) is 54.6 Å². The fourth-order valence-corrected chi connectivity index (χ4v) is 8.35. The second kappa shape index (κ2) is 16.4. The lowest BCUT2D eigenvalue weighted by atomic mass is 9.88. The van der Waals surface area contributed by atoms with Gasteiger partial charge < -0.3 is 20.7 Å². The average molecular weight is 713 g/mol. The third-order valence-corrected chi connectivity index (χ3v) is 10.9. The van der Waals surface area contributed by atoms with E-state index in [9.17, 15) is 19.6 Å². The Kier molecular flexibility index (Phi) is 11.3. The number of carbonyl (C=O) groups is 3. The van der Waals surface area contributed by atoms with Gasteiger partial charge in [-0.2, -0.15) is 5.26 Å². The summed E-state index contributed by atoms with van der Waals surface area (Å²) in [5, 5.41) is 18.7. The van der Waals surface area contributed by atoms with Gasteiger partial charge in [-0.05, 0) is 78.8 Å². The number of ether oxygens (including phenoxy) is 1. The minimum Gasteiger partial charge on any atom is -0.496 e. The number of hydrogen-bond acceptors (Lipinski definition) is 7. The van der Waals surface area contributed by atoms with E-state index in [0.717, 1.165) is 35.3 Å². The zero-order chi connectivity index (χ0) is 35.7. The van der Waals surface area contributed by atoms with Crippen LogP contribution in [0.25, 0.3) is 6.08 Å². The van der Waals surface area contributed by atoms with Gasteiger partial charge in [0.2, 0.25) is 5.91 Å². The van der Waals surface area contributed by atoms with Crippen molar-refractivity contribution in [3.8, 4) is 11.8 Å². The predicted molar refractivity (Wildman–Crippen MR) is 204 cm³/mol. The summed E-state index contributed by atoms with van der Waals surface area (Å²) < 4.78 is 5.48. The van der Waals surface area contributed by atoms with E-state index in [-0.39, 0.29) is 11.6 Å². The molecule has 8 nitrogen and oxygen atoms in total. The van der Waals surface area contributed by atoms with E-state index >= 15 is 0 Å². The van der Waals surface area contributed by atoms with Crippen LogP contribution in [0, 0.1) is 17.2 Å². The minimum absolute atomic E-state index is 0.0225. The van der Waals surface area contributed by atoms with Crippen LogP contribution >= 0.6 is 23.1 Å². The summed E-state index contributed by atoms with van der Waals surface area (Å²) in [5.41, 5.74) is 3.93. The van der Waals surface area contributed by atoms with Crippen molar-refractivity contribution < 1.29 is 19.1 Å². The molecule has 1 aromatic heterocycles. The SMILES string of the molecule is COc1ccccc1/C=C(/NC(=O)c1ccccc1)C(=O)Nc1cccc(SC(C(=O)Nc2sc3c(c2C#N)CCC(C)C3)c2ccccc2)c1. The molecule has 3 amide bonds. The first-order chi connectivity index (χ1) is 24.8. The van der Waals surface area contributed by atoms with Gasteiger partial charge >= 0.3 is 0 Å². The van der Waals surface area contributed by atoms with Gasteiger partial charge in [0.05, 0.1) is 12.7 Å². The summed E-state index contributed by atoms with van der Waals surface area (Å²) in [6, 6.07) is 34.9. The van der Waals surface area contributed by atoms with Crippen LogP contribution in [-0.2, 0) is 22.4 Å². The van der Waals surface area contributed by atoms with E-state index in [4.69, 9.17) is 4.74 Å². The summed E-state index contributed by atoms with van der Waals surface area (Å²) in [5.74, 6) is -0.133. The van der Waals surface area contributed by atoms with Crippen molar-refractivity contribution in [2.45, 2.75) is 36.3 Å². The number of hydrogen-bond donors (Lipinski definition) is 3. The minimum atomic E-state index is -0.645. The molecule has 2 atom stereocenters. The molecule has 4 aromatic carbocycles. The Morgan fingerprint density at radius 3 is 2.41 bits per heavy atom. The lowest BCUT2D eigenvalue weighted by molar-refractivity contribution is -0.116. The Bertz CT molecular complexity index is 2120. The number of fused-ring (bicyclic) bond motifs is 1. The van der Waals surface area contributed by atoms with E-state index in [2.05, 4.69) is 28.9 Å². The van der Waals surface area contributed by atoms with Gasteiger partial charge in [0.25, 0.3) is 11.8 Å². The van der Waals surface area contributed by atoms with E-state index in [1.165, 1.54) is 35.1 Å². The smallest absolute Gasteiger partial charge is 0.272 e. The first kappa shape index (κ1) is 35.2. The van der Waals surface area contributed by atoms with Crippen LogP contribution in [0.2, 0.25) is 0 Å². The third-order valence-electron chi connectivity index (χ3n) is 8.51. The number of methoxy groups -OCH3 is 1. The Balaban J connectivity index is 1.25. The maximum absolute atomic E-state index is 14.0. The van der Waals surface area contributed by atoms with Crippen molar-refractivity contribution in [2.75, 3.05) is 17.7 Å². The molecule has 0 bridgehead atoms. The number of nitrogens with zero attached hydrogens (tertiary/aromatic N) is 1. The standard InChI is InChI=1S/C41H36N4O4S2/c1-26-20-21-32-33(25-42)41(51-36(32)22-26)45-40(48)37(27-12-5-3-6-13-27)50-31-18-11-17-30(24-31)43-39(47)34(23-29-16-9-10-19-35(29)49-2)44-38(46)28-14-7-4-8-15-28/h3-19,23-24,26,37H,20-22H2,1-2H3,(H,43,47)(H,44,46)(H,45,48)/b34-23+. The number of thioether (sulfide) groups is 1. The van der Waals surface area contributed by atoms with Crippen molar-refractivity contribution in [2.24, 2.45) is 5.92 Å². The number of nitrogens with one attached hydrogen (secondary N) is 3. The van der Waals surface area contributed by atoms with Crippen LogP contribution in [0.15, 0.2) is 120 Å². The van der Waals surface area contributed by atoms with Crippen molar-refractivity contribution in [1.29, 1.82) is 5.26 Å². The van der Waals surface area contributed by atoms with Crippen molar-refractivity contribution in [1.82, 2.24) is 5.32 Å². The van der Waals surface area contributed by atoms with Crippen molar-refractivity contribution >= 4 is 57.6 Å². The maximum atomic E-state index is 14.0. The van der Waals surface area contributed by atoms with Crippen LogP contribution in [0.5, 0.6) is 5.75 Å². The second-order valence-electron chi connectivity index (χ2n) is 12.2. The predicted octanol–water partition coefficient (Wildman–Crippen LogP) is 8.63. The van der Waals surface area contributed by atoms with Gasteiger partial charge in [-0.25, -0.2) is 0 Å². The lowest BCUT2D eigenvalue weighted by Gasteiger charge is -2.18. The molecule has 256 valence electrons. The number of thiophene rings is 1. The van der Waals surface area contributed by atoms with Crippen LogP contribution in [0.4, 0.5) is 10.7 Å². The second-order valence-corrected chi connectivity index (χ2v) is 14.5. The Hall–Kier alpha value is -5.63. The third kappa shape index (κ3) is 8.58. The molecule has 1 aliphatic rings. The fourth-order valence-electron chi connectivity index (χ4n) is 5.90. The molecule has 10 heteroatoms. The van der Waals surface area contributed by atoms with Crippen LogP contribution in [0.1, 0.15) is 56.1 Å². The topological polar surface area (TPSA) is 120 Å². The molecule has 0 fully saturated rings. The highest BCUT2D eigenvalue weighted by Gasteiger charge is 2.28. The van der Waals surface area contributed by atoms with Crippen LogP contribution in [0.3, 0.4) is 0 Å². The van der Waals surface area contributed by atoms with Gasteiger partial charge in [0.1, 0.15) is 27.8 Å². The highest BCUT2D eigenvalue weighted by molar-refractivity contribution is 8.00. The summed E-state index contributed by atoms with van der Waals surface area (Å²) in [6.45, 7) is 2.21. The molecule has 1 aliphatic carbocycles. The molecule has 51 heavy (non-hydrogen) atoms. The highest BCUT2D eigenvalue weighted by Crippen LogP contribution is 2.42. The molecular weight excluding hydrogens is 677 g/mol. The fraction of sp³-hybridized carbons (Fsp3) is 0.171. The van der Waals surface area contributed by atoms with Gasteiger partial charge in [0, 0.05) is 26.6 Å². The number of benzene rings is 4. The van der Waals surface area contributed by atoms with E-state index in [1.54, 1.807) is 60.7 Å². The molecule has 0 spiro atoms. The largest absolute Gasteiger partial charge is 0.496 e. The average Bonchev–Trinajstić information content (AvgIpc) is 3.50. The Morgan fingerprint density at radius 2 is 1.67 bits per heavy atom. The number of anilines is 2. The number of nitriles is 1. The number of amides is 3. The molecule has 5 aromatic rings. The molecule has 0 radical (unpaired) electrons. The van der Waals surface area contributed by atoms with Gasteiger partial charge in [-0.15, -0.1) is 23.1 Å². The number of rotatable bonds is 11. The Morgan fingerprint density at radius 1 is 0.941 bits per heavy atom. The Labute approximate surface area is 305 Å². The molecule has 0 saturated carbocycles. The summed E-state index contributed by atoms with van der Waals surface area (Å²) >= 11 is 2.84. The first-order valence-corrected chi connectivity index (χ1v) is 18.2. The first-order valence-electron chi connectivity index (χ1n) is 16.5. The molecule has 6 rings (SSSR count). The van der Waals surface area contributed by atoms with Gasteiger partial charge in [-0.1, -0.05) is 79.7 Å². The maximum Gasteiger partial charge on any atom is 0.272 e. The normalized spacial score (nSPS) is 14.4. The van der Waals surface area contributed by atoms with Crippen molar-refractivity contribution in [3.05, 3.63) is 148 Å². The van der Waals surface area contributed by atoms with E-state index in [0.29, 0.717) is 39.0 Å². The van der Waals surface area contributed by atoms with E-state index < -0.39 is 17.1 Å². The molecule has 3 N–H and O–H groups in total. The van der Waals surface area contributed by atoms with Crippen LogP contribution in [-0.4, -0.2) is 24.8 Å². The monoisotopic (exact) mass is 712 g/mol. The molecular formula is C41H36N4O4S2. The number of carbonyl (C=O) groups excluding carboxylic acids is 3. The summed E-state index contributed by atoms with van der Waals surface area (Å²) in [4.78, 5) is 42.8. The zero-order valence-corrected chi connectivity index (χ0v) is 29.8. The summed E-state index contributed by atoms with van der Waals surface area (Å²) in [7, 11) is 1.54. The summed E-state index contributed by atoms with van der Waals surface area (Å²) in [6.07, 6.45) is 4.35. The van der Waals surface area contributed by atoms with Gasteiger partial charge in [0.15, 0.2) is 0 Å². The molecule has 2 unspecified atom stereocenters. The van der Waals surface area contributed by atoms with Crippen LogP contribution < -0.4 is 20.7 Å². The van der Waals surface area contributed by atoms with Crippen molar-refractivity contribution in [3.63, 3.8) is 0 Å². The zero-order valence-electron chi connectivity index (χ0n) is 28.1. The lowest BCUT2D eigenvalue weighted by Crippen LogP contribution is -2.30. The quantitative estimate of drug-likeness (QED) is 0.0932. The van der Waals surface area contributed by atoms with Gasteiger partial charge in [-0.3, -0.25) is 14.4 Å². The molecule has 0 saturated heterocycles. The molecule has 0 aliphatic heterocycles. The molecule has 1 heterocycles.